The van der Waals surface area contributed by atoms with Gasteiger partial charge in [-0.2, -0.15) is 0 Å². The molecule has 2 nitrogen and oxygen atoms in total. The van der Waals surface area contributed by atoms with Crippen molar-refractivity contribution in [3.8, 4) is 0 Å². The lowest BCUT2D eigenvalue weighted by Crippen LogP contribution is -1.91. The third kappa shape index (κ3) is 23.2. The SMILES string of the molecule is CCCCCCCC/C=C/CCCCCCCCCCCCCOC=O. The van der Waals surface area contributed by atoms with Crippen LogP contribution in [0.4, 0.5) is 0 Å². The summed E-state index contributed by atoms with van der Waals surface area (Å²) in [5, 5.41) is 0. The number of hydrogen-bond acceptors (Lipinski definition) is 2. The van der Waals surface area contributed by atoms with Gasteiger partial charge in [0, 0.05) is 0 Å². The molecule has 0 radical (unpaired) electrons. The molecule has 154 valence electrons. The highest BCUT2D eigenvalue weighted by molar-refractivity contribution is 5.36. The van der Waals surface area contributed by atoms with E-state index in [-0.39, 0.29) is 0 Å². The van der Waals surface area contributed by atoms with Crippen molar-refractivity contribution >= 4 is 6.47 Å². The normalized spacial score (nSPS) is 11.3. The van der Waals surface area contributed by atoms with Crippen LogP contribution < -0.4 is 0 Å². The predicted octanol–water partition coefficient (Wildman–Crippen LogP) is 8.15. The summed E-state index contributed by atoms with van der Waals surface area (Å²) >= 11 is 0. The van der Waals surface area contributed by atoms with E-state index in [1.165, 1.54) is 116 Å². The molecule has 0 aliphatic rings. The van der Waals surface area contributed by atoms with E-state index in [2.05, 4.69) is 23.8 Å². The highest BCUT2D eigenvalue weighted by Crippen LogP contribution is 2.12. The second-order valence-corrected chi connectivity index (χ2v) is 7.67. The lowest BCUT2D eigenvalue weighted by Gasteiger charge is -2.02. The first-order valence-electron chi connectivity index (χ1n) is 11.6. The Labute approximate surface area is 164 Å². The highest BCUT2D eigenvalue weighted by atomic mass is 16.5. The molecular weight excluding hydrogens is 320 g/mol. The number of ether oxygens (including phenoxy) is 1. The molecule has 0 aromatic rings. The Balaban J connectivity index is 3.04. The zero-order chi connectivity index (χ0) is 19.0. The fourth-order valence-electron chi connectivity index (χ4n) is 3.36. The first-order valence-corrected chi connectivity index (χ1v) is 11.6. The van der Waals surface area contributed by atoms with Gasteiger partial charge in [0.1, 0.15) is 0 Å². The minimum Gasteiger partial charge on any atom is -0.468 e. The van der Waals surface area contributed by atoms with Crippen LogP contribution in [0.15, 0.2) is 12.2 Å². The summed E-state index contributed by atoms with van der Waals surface area (Å²) in [5.41, 5.74) is 0. The molecule has 0 saturated carbocycles. The first-order chi connectivity index (χ1) is 12.9. The fourth-order valence-corrected chi connectivity index (χ4v) is 3.36. The lowest BCUT2D eigenvalue weighted by atomic mass is 10.0. The quantitative estimate of drug-likeness (QED) is 0.110. The van der Waals surface area contributed by atoms with E-state index in [1.807, 2.05) is 0 Å². The molecule has 0 unspecified atom stereocenters. The molecule has 0 aliphatic heterocycles. The molecule has 0 N–H and O–H groups in total. The smallest absolute Gasteiger partial charge is 0.293 e. The predicted molar refractivity (Wildman–Crippen MR) is 115 cm³/mol. The Morgan fingerprint density at radius 3 is 1.35 bits per heavy atom. The topological polar surface area (TPSA) is 26.3 Å². The number of carbonyl (C=O) groups excluding carboxylic acids is 1. The molecule has 0 atom stereocenters. The lowest BCUT2D eigenvalue weighted by molar-refractivity contribution is -0.128. The second kappa shape index (κ2) is 24.2. The summed E-state index contributed by atoms with van der Waals surface area (Å²) in [4.78, 5) is 9.99. The van der Waals surface area contributed by atoms with Crippen LogP contribution in [-0.2, 0) is 9.53 Å². The fraction of sp³-hybridized carbons (Fsp3) is 0.875. The maximum atomic E-state index is 9.99. The summed E-state index contributed by atoms with van der Waals surface area (Å²) in [6, 6.07) is 0. The highest BCUT2D eigenvalue weighted by Gasteiger charge is 1.94. The summed E-state index contributed by atoms with van der Waals surface area (Å²) in [6.45, 7) is 3.42. The van der Waals surface area contributed by atoms with Crippen LogP contribution in [0.5, 0.6) is 0 Å². The third-order valence-electron chi connectivity index (χ3n) is 5.09. The van der Waals surface area contributed by atoms with Gasteiger partial charge in [-0.15, -0.1) is 0 Å². The van der Waals surface area contributed by atoms with Gasteiger partial charge in [-0.1, -0.05) is 109 Å². The van der Waals surface area contributed by atoms with Crippen LogP contribution in [-0.4, -0.2) is 13.1 Å². The maximum Gasteiger partial charge on any atom is 0.293 e. The Hall–Kier alpha value is -0.790. The van der Waals surface area contributed by atoms with E-state index in [0.29, 0.717) is 13.1 Å². The number of rotatable bonds is 22. The largest absolute Gasteiger partial charge is 0.468 e. The molecule has 0 rings (SSSR count). The van der Waals surface area contributed by atoms with Crippen molar-refractivity contribution in [3.63, 3.8) is 0 Å². The van der Waals surface area contributed by atoms with Crippen molar-refractivity contribution in [2.24, 2.45) is 0 Å². The average molecular weight is 367 g/mol. The van der Waals surface area contributed by atoms with Gasteiger partial charge < -0.3 is 4.74 Å². The molecule has 0 fully saturated rings. The zero-order valence-electron chi connectivity index (χ0n) is 17.7. The molecule has 0 heterocycles. The van der Waals surface area contributed by atoms with Gasteiger partial charge in [-0.25, -0.2) is 0 Å². The minimum absolute atomic E-state index is 0.548. The van der Waals surface area contributed by atoms with Crippen LogP contribution in [0, 0.1) is 0 Å². The van der Waals surface area contributed by atoms with E-state index < -0.39 is 0 Å². The summed E-state index contributed by atoms with van der Waals surface area (Å²) in [7, 11) is 0. The Kier molecular flexibility index (Phi) is 23.5. The van der Waals surface area contributed by atoms with Gasteiger partial charge in [-0.3, -0.25) is 4.79 Å². The Morgan fingerprint density at radius 1 is 0.538 bits per heavy atom. The summed E-state index contributed by atoms with van der Waals surface area (Å²) < 4.78 is 4.69. The number of hydrogen-bond donors (Lipinski definition) is 0. The van der Waals surface area contributed by atoms with Crippen LogP contribution in [0.2, 0.25) is 0 Å². The van der Waals surface area contributed by atoms with Crippen LogP contribution >= 0.6 is 0 Å². The molecule has 26 heavy (non-hydrogen) atoms. The van der Waals surface area contributed by atoms with Gasteiger partial charge in [0.25, 0.3) is 6.47 Å². The Bertz CT molecular complexity index is 286. The van der Waals surface area contributed by atoms with Crippen molar-refractivity contribution in [1.82, 2.24) is 0 Å². The molecule has 0 aromatic carbocycles. The van der Waals surface area contributed by atoms with Crippen molar-refractivity contribution in [2.75, 3.05) is 6.61 Å². The summed E-state index contributed by atoms with van der Waals surface area (Å²) in [6.07, 6.45) is 30.4. The molecule has 0 aromatic heterocycles. The van der Waals surface area contributed by atoms with Crippen molar-refractivity contribution in [1.29, 1.82) is 0 Å². The van der Waals surface area contributed by atoms with E-state index in [9.17, 15) is 4.79 Å². The van der Waals surface area contributed by atoms with Gasteiger partial charge >= 0.3 is 0 Å². The van der Waals surface area contributed by atoms with Crippen LogP contribution in [0.3, 0.4) is 0 Å². The number of carbonyl (C=O) groups is 1. The average Bonchev–Trinajstić information content (AvgIpc) is 2.66. The Morgan fingerprint density at radius 2 is 0.923 bits per heavy atom. The van der Waals surface area contributed by atoms with Crippen LogP contribution in [0.1, 0.15) is 129 Å². The number of unbranched alkanes of at least 4 members (excludes halogenated alkanes) is 17. The van der Waals surface area contributed by atoms with Gasteiger partial charge in [-0.05, 0) is 32.1 Å². The molecule has 0 saturated heterocycles. The van der Waals surface area contributed by atoms with Gasteiger partial charge in [0.05, 0.1) is 6.61 Å². The van der Waals surface area contributed by atoms with E-state index in [0.717, 1.165) is 6.42 Å². The molecular formula is C24H46O2. The van der Waals surface area contributed by atoms with Crippen LogP contribution in [0.25, 0.3) is 0 Å². The number of allylic oxidation sites excluding steroid dienone is 2. The molecule has 0 spiro atoms. The van der Waals surface area contributed by atoms with E-state index >= 15 is 0 Å². The zero-order valence-corrected chi connectivity index (χ0v) is 17.7. The van der Waals surface area contributed by atoms with E-state index in [1.54, 1.807) is 0 Å². The molecule has 0 aliphatic carbocycles. The maximum absolute atomic E-state index is 9.99. The standard InChI is InChI=1S/C24H46O2/c1-2-3-4-5-6-7-8-9-10-11-12-13-14-15-16-17-18-19-20-21-22-23-26-24-25/h9-10,24H,2-8,11-23H2,1H3/b10-9+. The van der Waals surface area contributed by atoms with Gasteiger partial charge in [0.15, 0.2) is 0 Å². The van der Waals surface area contributed by atoms with Crippen molar-refractivity contribution in [3.05, 3.63) is 12.2 Å². The molecule has 2 heteroatoms. The first kappa shape index (κ1) is 25.2. The minimum atomic E-state index is 0.548. The van der Waals surface area contributed by atoms with Crippen molar-refractivity contribution in [2.45, 2.75) is 129 Å². The van der Waals surface area contributed by atoms with Crippen molar-refractivity contribution < 1.29 is 9.53 Å². The van der Waals surface area contributed by atoms with Gasteiger partial charge in [0.2, 0.25) is 0 Å². The summed E-state index contributed by atoms with van der Waals surface area (Å²) in [5.74, 6) is 0. The molecule has 0 amide bonds. The van der Waals surface area contributed by atoms with E-state index in [4.69, 9.17) is 0 Å². The molecule has 0 bridgehead atoms. The monoisotopic (exact) mass is 366 g/mol. The third-order valence-corrected chi connectivity index (χ3v) is 5.09. The second-order valence-electron chi connectivity index (χ2n) is 7.67.